The van der Waals surface area contributed by atoms with Gasteiger partial charge in [0.2, 0.25) is 0 Å². The quantitative estimate of drug-likeness (QED) is 0.461. The minimum atomic E-state index is 1.47. The molecule has 0 fully saturated rings. The Morgan fingerprint density at radius 1 is 0.857 bits per heavy atom. The molecule has 0 aliphatic heterocycles. The van der Waals surface area contributed by atoms with E-state index in [0.717, 1.165) is 0 Å². The number of halogens is 1. The third-order valence-electron chi connectivity index (χ3n) is 0.556. The Bertz CT molecular complexity index is 66.1. The molecule has 0 atom stereocenters. The molecule has 1 rings (SSSR count). The van der Waals surface area contributed by atoms with Crippen LogP contribution in [0.15, 0.2) is 24.3 Å². The van der Waals surface area contributed by atoms with Gasteiger partial charge in [-0.15, -0.1) is 0 Å². The van der Waals surface area contributed by atoms with E-state index in [9.17, 15) is 0 Å². The van der Waals surface area contributed by atoms with Crippen molar-refractivity contribution in [2.75, 3.05) is 0 Å². The molecule has 0 nitrogen and oxygen atoms in total. The Hall–Kier alpha value is 0.484. The topological polar surface area (TPSA) is 0 Å². The fourth-order valence-corrected chi connectivity index (χ4v) is 0.321. The third kappa shape index (κ3) is 4.34. The molecule has 0 N–H and O–H groups in total. The van der Waals surface area contributed by atoms with Gasteiger partial charge in [-0.25, -0.2) is 0 Å². The molecular weight excluding hydrogens is 143 g/mol. The first-order valence-corrected chi connectivity index (χ1v) is 4.00. The van der Waals surface area contributed by atoms with E-state index in [1.54, 1.807) is 0 Å². The van der Waals surface area contributed by atoms with Gasteiger partial charge in [0.25, 0.3) is 0 Å². The summed E-state index contributed by atoms with van der Waals surface area (Å²) in [6.45, 7) is 0. The number of hydrogen-bond acceptors (Lipinski definition) is 0. The van der Waals surface area contributed by atoms with Crippen LogP contribution in [0.1, 0.15) is 0 Å². The standard InChI is InChI=1S/C5H5.ClH.Ti/c1-2-4-5-3-1;;/h1-5H;1H;/q;;+1/p-1. The van der Waals surface area contributed by atoms with Crippen molar-refractivity contribution in [2.45, 2.75) is 0 Å². The molecule has 36 valence electrons. The molecule has 7 heavy (non-hydrogen) atoms. The van der Waals surface area contributed by atoms with Crippen LogP contribution in [0.2, 0.25) is 0 Å². The van der Waals surface area contributed by atoms with Gasteiger partial charge in [0, 0.05) is 6.42 Å². The molecule has 0 saturated carbocycles. The summed E-state index contributed by atoms with van der Waals surface area (Å²) >= 11 is 1.47. The summed E-state index contributed by atoms with van der Waals surface area (Å²) < 4.78 is 0. The molecule has 0 unspecified atom stereocenters. The normalized spacial score (nSPS) is 13.1. The molecular formula is C5H5ClTi. The monoisotopic (exact) mass is 148 g/mol. The second-order valence-corrected chi connectivity index (χ2v) is 0.962. The fourth-order valence-electron chi connectivity index (χ4n) is 0.321. The molecule has 1 aliphatic carbocycles. The molecule has 0 amide bonds. The van der Waals surface area contributed by atoms with E-state index < -0.39 is 0 Å². The minimum absolute atomic E-state index is 1.47. The predicted molar refractivity (Wildman–Crippen MR) is 28.4 cm³/mol. The van der Waals surface area contributed by atoms with Crippen LogP contribution < -0.4 is 0 Å². The zero-order valence-electron chi connectivity index (χ0n) is 3.76. The summed E-state index contributed by atoms with van der Waals surface area (Å²) in [5.41, 5.74) is 0. The summed E-state index contributed by atoms with van der Waals surface area (Å²) in [6.07, 6.45) is 10.0. The van der Waals surface area contributed by atoms with Crippen LogP contribution in [0, 0.1) is 6.42 Å². The summed E-state index contributed by atoms with van der Waals surface area (Å²) in [5.74, 6) is 0. The first kappa shape index (κ1) is 7.48. The fraction of sp³-hybridized carbons (Fsp3) is 0. The molecule has 1 radical (unpaired) electrons. The summed E-state index contributed by atoms with van der Waals surface area (Å²) in [7, 11) is 4.64. The van der Waals surface area contributed by atoms with E-state index in [1.807, 2.05) is 30.7 Å². The molecule has 0 aromatic heterocycles. The molecule has 1 aliphatic rings. The number of rotatable bonds is 0. The second-order valence-electron chi connectivity index (χ2n) is 0.962. The first-order chi connectivity index (χ1) is 3.50. The van der Waals surface area contributed by atoms with E-state index in [1.165, 1.54) is 19.4 Å². The van der Waals surface area contributed by atoms with E-state index in [-0.39, 0.29) is 0 Å². The van der Waals surface area contributed by atoms with Gasteiger partial charge in [-0.2, -0.15) is 0 Å². The van der Waals surface area contributed by atoms with Gasteiger partial charge in [0.15, 0.2) is 0 Å². The molecule has 0 heterocycles. The Labute approximate surface area is 59.5 Å². The maximum atomic E-state index is 4.64. The van der Waals surface area contributed by atoms with E-state index in [4.69, 9.17) is 0 Å². The number of allylic oxidation sites excluding steroid dienone is 4. The van der Waals surface area contributed by atoms with Crippen LogP contribution in [0.5, 0.6) is 0 Å². The van der Waals surface area contributed by atoms with E-state index >= 15 is 0 Å². The van der Waals surface area contributed by atoms with Gasteiger partial charge < -0.3 is 0 Å². The van der Waals surface area contributed by atoms with Crippen LogP contribution in [-0.4, -0.2) is 0 Å². The van der Waals surface area contributed by atoms with Crippen molar-refractivity contribution in [3.8, 4) is 0 Å². The van der Waals surface area contributed by atoms with Gasteiger partial charge in [0.05, 0.1) is 0 Å². The van der Waals surface area contributed by atoms with Gasteiger partial charge in [-0.05, 0) is 0 Å². The third-order valence-corrected chi connectivity index (χ3v) is 0.556. The van der Waals surface area contributed by atoms with Crippen LogP contribution in [0.3, 0.4) is 0 Å². The average Bonchev–Trinajstić information content (AvgIpc) is 2.23. The maximum absolute atomic E-state index is 4.64. The van der Waals surface area contributed by atoms with Crippen molar-refractivity contribution < 1.29 is 19.4 Å². The van der Waals surface area contributed by atoms with E-state index in [0.29, 0.717) is 0 Å². The SMILES string of the molecule is [CH]1C=CC=C1.[Cl][Ti]. The van der Waals surface area contributed by atoms with Crippen molar-refractivity contribution in [2.24, 2.45) is 0 Å². The van der Waals surface area contributed by atoms with E-state index in [2.05, 4.69) is 9.30 Å². The van der Waals surface area contributed by atoms with Gasteiger partial charge in [-0.3, -0.25) is 0 Å². The summed E-state index contributed by atoms with van der Waals surface area (Å²) in [5, 5.41) is 0. The Balaban J connectivity index is 0.000000162. The Morgan fingerprint density at radius 3 is 1.43 bits per heavy atom. The van der Waals surface area contributed by atoms with Crippen LogP contribution in [-0.2, 0) is 19.4 Å². The zero-order valence-corrected chi connectivity index (χ0v) is 6.08. The predicted octanol–water partition coefficient (Wildman–Crippen LogP) is 2.00. The summed E-state index contributed by atoms with van der Waals surface area (Å²) in [6, 6.07) is 0. The molecule has 0 bridgehead atoms. The molecule has 0 saturated heterocycles. The summed E-state index contributed by atoms with van der Waals surface area (Å²) in [4.78, 5) is 0. The van der Waals surface area contributed by atoms with Crippen molar-refractivity contribution in [3.05, 3.63) is 30.7 Å². The Kier molecular flexibility index (Phi) is 6.93. The zero-order chi connectivity index (χ0) is 5.54. The van der Waals surface area contributed by atoms with Crippen molar-refractivity contribution in [3.63, 3.8) is 0 Å². The van der Waals surface area contributed by atoms with Gasteiger partial charge in [0.1, 0.15) is 0 Å². The molecule has 0 aromatic carbocycles. The van der Waals surface area contributed by atoms with Crippen LogP contribution in [0.4, 0.5) is 0 Å². The van der Waals surface area contributed by atoms with Crippen molar-refractivity contribution in [1.29, 1.82) is 0 Å². The van der Waals surface area contributed by atoms with Crippen molar-refractivity contribution >= 4 is 9.30 Å². The Morgan fingerprint density at radius 2 is 1.29 bits per heavy atom. The first-order valence-electron chi connectivity index (χ1n) is 1.86. The molecule has 2 heteroatoms. The van der Waals surface area contributed by atoms with Crippen molar-refractivity contribution in [1.82, 2.24) is 0 Å². The molecule has 0 spiro atoms. The average molecular weight is 148 g/mol. The van der Waals surface area contributed by atoms with Crippen LogP contribution >= 0.6 is 9.30 Å². The van der Waals surface area contributed by atoms with Gasteiger partial charge >= 0.3 is 28.7 Å². The number of hydrogen-bond donors (Lipinski definition) is 0. The second kappa shape index (κ2) is 6.48. The van der Waals surface area contributed by atoms with Crippen LogP contribution in [0.25, 0.3) is 0 Å². The molecule has 0 aromatic rings. The van der Waals surface area contributed by atoms with Gasteiger partial charge in [-0.1, -0.05) is 24.3 Å².